The van der Waals surface area contributed by atoms with Gasteiger partial charge in [-0.15, -0.1) is 0 Å². The topological polar surface area (TPSA) is 112 Å². The molecule has 0 radical (unpaired) electrons. The monoisotopic (exact) mass is 487 g/mol. The molecule has 1 aromatic heterocycles. The largest absolute Gasteiger partial charge is 0.384 e. The molecule has 7 nitrogen and oxygen atoms in total. The van der Waals surface area contributed by atoms with Crippen LogP contribution in [0.25, 0.3) is 0 Å². The van der Waals surface area contributed by atoms with E-state index >= 15 is 0 Å². The number of benzene rings is 2. The zero-order valence-electron chi connectivity index (χ0n) is 21.1. The highest BCUT2D eigenvalue weighted by atomic mass is 16.3. The van der Waals surface area contributed by atoms with Crippen molar-refractivity contribution < 1.29 is 9.90 Å². The highest BCUT2D eigenvalue weighted by molar-refractivity contribution is 5.81. The molecule has 2 heterocycles. The number of rotatable bonds is 10. The maximum absolute atomic E-state index is 12.5. The molecule has 3 aromatic rings. The van der Waals surface area contributed by atoms with Gasteiger partial charge in [0.2, 0.25) is 5.91 Å². The van der Waals surface area contributed by atoms with Gasteiger partial charge in [-0.1, -0.05) is 60.7 Å². The van der Waals surface area contributed by atoms with Gasteiger partial charge in [-0.25, -0.2) is 4.98 Å². The lowest BCUT2D eigenvalue weighted by Gasteiger charge is -2.23. The van der Waals surface area contributed by atoms with Crippen LogP contribution < -0.4 is 21.7 Å². The molecule has 1 aliphatic heterocycles. The molecule has 1 saturated heterocycles. The number of aliphatic hydroxyl groups excluding tert-OH is 1. The number of aliphatic hydroxyl groups is 1. The van der Waals surface area contributed by atoms with Crippen molar-refractivity contribution in [2.24, 2.45) is 5.92 Å². The first kappa shape index (κ1) is 25.8. The maximum atomic E-state index is 12.5. The van der Waals surface area contributed by atoms with Crippen LogP contribution in [0, 0.1) is 12.8 Å². The van der Waals surface area contributed by atoms with Crippen LogP contribution in [0.4, 0.5) is 5.82 Å². The molecule has 1 amide bonds. The summed E-state index contributed by atoms with van der Waals surface area (Å²) in [5.41, 5.74) is 11.3. The lowest BCUT2D eigenvalue weighted by atomic mass is 9.95. The number of amides is 1. The molecular weight excluding hydrogens is 450 g/mol. The zero-order chi connectivity index (χ0) is 25.5. The van der Waals surface area contributed by atoms with Crippen molar-refractivity contribution in [3.63, 3.8) is 0 Å². The maximum Gasteiger partial charge on any atom is 0.237 e. The average Bonchev–Trinajstić information content (AvgIpc) is 3.34. The Labute approximate surface area is 213 Å². The molecule has 7 heteroatoms. The summed E-state index contributed by atoms with van der Waals surface area (Å²) < 4.78 is 0. The lowest BCUT2D eigenvalue weighted by molar-refractivity contribution is -0.124. The van der Waals surface area contributed by atoms with Gasteiger partial charge in [0.1, 0.15) is 12.0 Å². The Morgan fingerprint density at radius 1 is 1.08 bits per heavy atom. The normalized spacial score (nSPS) is 19.1. The number of carbonyl (C=O) groups is 1. The molecule has 6 N–H and O–H groups in total. The Morgan fingerprint density at radius 3 is 2.50 bits per heavy atom. The number of pyridine rings is 1. The first-order valence-corrected chi connectivity index (χ1v) is 12.7. The first-order chi connectivity index (χ1) is 17.4. The molecule has 2 unspecified atom stereocenters. The molecule has 0 spiro atoms. The third kappa shape index (κ3) is 7.13. The molecule has 4 rings (SSSR count). The quantitative estimate of drug-likeness (QED) is 0.281. The van der Waals surface area contributed by atoms with Crippen LogP contribution in [0.5, 0.6) is 0 Å². The number of nitrogens with two attached hydrogens (primary N) is 1. The van der Waals surface area contributed by atoms with Crippen molar-refractivity contribution in [1.82, 2.24) is 20.9 Å². The number of hydrogen-bond donors (Lipinski definition) is 5. The van der Waals surface area contributed by atoms with Crippen molar-refractivity contribution in [2.75, 3.05) is 12.3 Å². The second-order valence-corrected chi connectivity index (χ2v) is 9.83. The van der Waals surface area contributed by atoms with E-state index in [1.165, 1.54) is 16.7 Å². The number of anilines is 1. The van der Waals surface area contributed by atoms with E-state index in [2.05, 4.69) is 69.5 Å². The van der Waals surface area contributed by atoms with Crippen molar-refractivity contribution in [1.29, 1.82) is 0 Å². The summed E-state index contributed by atoms with van der Waals surface area (Å²) in [6.45, 7) is 4.84. The van der Waals surface area contributed by atoms with E-state index in [9.17, 15) is 9.90 Å². The van der Waals surface area contributed by atoms with Gasteiger partial charge in [0.25, 0.3) is 0 Å². The van der Waals surface area contributed by atoms with Crippen molar-refractivity contribution in [3.8, 4) is 0 Å². The third-order valence-corrected chi connectivity index (χ3v) is 6.92. The van der Waals surface area contributed by atoms with Crippen molar-refractivity contribution in [2.45, 2.75) is 58.0 Å². The summed E-state index contributed by atoms with van der Waals surface area (Å²) in [7, 11) is 0. The summed E-state index contributed by atoms with van der Waals surface area (Å²) >= 11 is 0. The van der Waals surface area contributed by atoms with Gasteiger partial charge in [-0.05, 0) is 73.9 Å². The molecule has 0 aliphatic carbocycles. The van der Waals surface area contributed by atoms with Crippen LogP contribution in [0.15, 0.2) is 66.7 Å². The van der Waals surface area contributed by atoms with E-state index in [-0.39, 0.29) is 11.9 Å². The van der Waals surface area contributed by atoms with Crippen LogP contribution >= 0.6 is 0 Å². The number of hydrogen-bond acceptors (Lipinski definition) is 6. The summed E-state index contributed by atoms with van der Waals surface area (Å²) in [5.74, 6) is 0.732. The number of nitrogens with one attached hydrogen (secondary N) is 3. The second kappa shape index (κ2) is 12.1. The fourth-order valence-electron chi connectivity index (χ4n) is 4.78. The number of aromatic nitrogens is 1. The van der Waals surface area contributed by atoms with E-state index in [0.29, 0.717) is 18.3 Å². The number of carbonyl (C=O) groups excluding carboxylic acids is 1. The third-order valence-electron chi connectivity index (χ3n) is 6.92. The van der Waals surface area contributed by atoms with E-state index in [0.717, 1.165) is 37.1 Å². The Kier molecular flexibility index (Phi) is 8.70. The van der Waals surface area contributed by atoms with E-state index in [1.807, 2.05) is 19.1 Å². The molecule has 1 fully saturated rings. The van der Waals surface area contributed by atoms with Crippen molar-refractivity contribution in [3.05, 3.63) is 94.7 Å². The Balaban J connectivity index is 1.20. The smallest absolute Gasteiger partial charge is 0.237 e. The number of nitrogens with zero attached hydrogens (tertiary/aromatic N) is 1. The first-order valence-electron chi connectivity index (χ1n) is 12.7. The van der Waals surface area contributed by atoms with Crippen LogP contribution in [-0.2, 0) is 24.2 Å². The Hall–Kier alpha value is -3.26. The minimum Gasteiger partial charge on any atom is -0.384 e. The van der Waals surface area contributed by atoms with Gasteiger partial charge < -0.3 is 21.5 Å². The van der Waals surface area contributed by atoms with Crippen LogP contribution in [-0.4, -0.2) is 40.9 Å². The Morgan fingerprint density at radius 2 is 1.78 bits per heavy atom. The average molecular weight is 488 g/mol. The van der Waals surface area contributed by atoms with E-state index in [4.69, 9.17) is 5.73 Å². The molecule has 4 atom stereocenters. The minimum absolute atomic E-state index is 0.0915. The van der Waals surface area contributed by atoms with Gasteiger partial charge in [0, 0.05) is 18.3 Å². The summed E-state index contributed by atoms with van der Waals surface area (Å²) in [5, 5.41) is 20.1. The fraction of sp³-hybridized carbons (Fsp3) is 0.379. The van der Waals surface area contributed by atoms with Crippen LogP contribution in [0.1, 0.15) is 41.3 Å². The summed E-state index contributed by atoms with van der Waals surface area (Å²) in [6.07, 6.45) is 1.95. The molecule has 190 valence electrons. The summed E-state index contributed by atoms with van der Waals surface area (Å²) in [6, 6.07) is 22.3. The molecule has 1 aliphatic rings. The van der Waals surface area contributed by atoms with Crippen LogP contribution in [0.3, 0.4) is 0 Å². The van der Waals surface area contributed by atoms with Gasteiger partial charge in [-0.2, -0.15) is 0 Å². The summed E-state index contributed by atoms with van der Waals surface area (Å²) in [4.78, 5) is 16.8. The standard InChI is InChI=1S/C29H37N5O2/c1-19-25(12-13-27(30)33-19)18-32-28(35)20(2)34-29(36)26-16-24(17-31-26)15-23-10-8-22(9-11-23)14-21-6-4-3-5-7-21/h3-13,20,24,26,29,31,34,36H,14-18H2,1-2H3,(H2,30,33)(H,32,35)/t20-,24-,26?,29?/m0/s1. The second-order valence-electron chi connectivity index (χ2n) is 9.83. The lowest BCUT2D eigenvalue weighted by Crippen LogP contribution is -2.52. The number of aryl methyl sites for hydroxylation is 1. The van der Waals surface area contributed by atoms with Crippen molar-refractivity contribution >= 4 is 11.7 Å². The highest BCUT2D eigenvalue weighted by Gasteiger charge is 2.31. The van der Waals surface area contributed by atoms with E-state index in [1.54, 1.807) is 13.0 Å². The van der Waals surface area contributed by atoms with Gasteiger partial charge in [0.05, 0.1) is 6.04 Å². The molecule has 2 aromatic carbocycles. The predicted molar refractivity (Wildman–Crippen MR) is 143 cm³/mol. The molecule has 0 saturated carbocycles. The van der Waals surface area contributed by atoms with Gasteiger partial charge in [-0.3, -0.25) is 10.1 Å². The van der Waals surface area contributed by atoms with Gasteiger partial charge in [0.15, 0.2) is 0 Å². The SMILES string of the molecule is Cc1nc(N)ccc1CNC(=O)[C@H](C)NC(O)C1C[C@H](Cc2ccc(Cc3ccccc3)cc2)CN1. The number of nitrogen functional groups attached to an aromatic ring is 1. The highest BCUT2D eigenvalue weighted by Crippen LogP contribution is 2.21. The van der Waals surface area contributed by atoms with Crippen LogP contribution in [0.2, 0.25) is 0 Å². The van der Waals surface area contributed by atoms with E-state index < -0.39 is 12.3 Å². The van der Waals surface area contributed by atoms with Gasteiger partial charge >= 0.3 is 0 Å². The molecular formula is C29H37N5O2. The zero-order valence-corrected chi connectivity index (χ0v) is 21.1. The Bertz CT molecular complexity index is 1140. The molecule has 0 bridgehead atoms. The fourth-order valence-corrected chi connectivity index (χ4v) is 4.78. The minimum atomic E-state index is -0.802. The molecule has 36 heavy (non-hydrogen) atoms. The predicted octanol–water partition coefficient (Wildman–Crippen LogP) is 2.70.